The summed E-state index contributed by atoms with van der Waals surface area (Å²) in [6.45, 7) is 9.11. The van der Waals surface area contributed by atoms with Crippen LogP contribution in [0.5, 0.6) is 0 Å². The molecular weight excluding hydrogens is 320 g/mol. The molecule has 25 heavy (non-hydrogen) atoms. The first-order valence-corrected chi connectivity index (χ1v) is 8.98. The van der Waals surface area contributed by atoms with Gasteiger partial charge in [0.25, 0.3) is 5.91 Å². The fourth-order valence-corrected chi connectivity index (χ4v) is 2.65. The van der Waals surface area contributed by atoms with Crippen LogP contribution < -0.4 is 10.2 Å². The van der Waals surface area contributed by atoms with Gasteiger partial charge in [0.05, 0.1) is 18.8 Å². The minimum Gasteiger partial charge on any atom is -0.452 e. The number of ether oxygens (including phenoxy) is 2. The quantitative estimate of drug-likeness (QED) is 0.668. The standard InChI is InChI=1S/C19H28N2O4/c1-15(2)7-8-20-18(22)14-25-19(23)17-5-3-16(4-6-17)13-21-9-11-24-12-10-21/h3-6,15H,7-14H2,1-2H3,(H,20,22)/p+1. The van der Waals surface area contributed by atoms with Crippen molar-refractivity contribution in [3.05, 3.63) is 35.4 Å². The lowest BCUT2D eigenvalue weighted by Gasteiger charge is -2.23. The monoisotopic (exact) mass is 349 g/mol. The summed E-state index contributed by atoms with van der Waals surface area (Å²) in [5.41, 5.74) is 1.65. The smallest absolute Gasteiger partial charge is 0.338 e. The summed E-state index contributed by atoms with van der Waals surface area (Å²) in [4.78, 5) is 25.1. The van der Waals surface area contributed by atoms with E-state index in [4.69, 9.17) is 9.47 Å². The molecule has 0 radical (unpaired) electrons. The van der Waals surface area contributed by atoms with E-state index in [1.807, 2.05) is 12.1 Å². The average Bonchev–Trinajstić information content (AvgIpc) is 2.61. The number of carbonyl (C=O) groups excluding carboxylic acids is 2. The Kier molecular flexibility index (Phi) is 7.88. The van der Waals surface area contributed by atoms with Crippen LogP contribution in [0.4, 0.5) is 0 Å². The molecule has 0 unspecified atom stereocenters. The number of quaternary nitrogens is 1. The van der Waals surface area contributed by atoms with E-state index in [1.165, 1.54) is 10.5 Å². The second-order valence-corrected chi connectivity index (χ2v) is 6.84. The normalized spacial score (nSPS) is 15.2. The molecule has 1 aliphatic rings. The molecule has 2 rings (SSSR count). The molecule has 1 aromatic carbocycles. The van der Waals surface area contributed by atoms with Crippen LogP contribution in [-0.2, 0) is 20.8 Å². The number of benzene rings is 1. The van der Waals surface area contributed by atoms with Crippen molar-refractivity contribution in [3.63, 3.8) is 0 Å². The molecule has 0 bridgehead atoms. The lowest BCUT2D eigenvalue weighted by Crippen LogP contribution is -3.12. The molecule has 0 spiro atoms. The first-order valence-electron chi connectivity index (χ1n) is 8.98. The van der Waals surface area contributed by atoms with Gasteiger partial charge in [0.2, 0.25) is 0 Å². The number of rotatable bonds is 8. The topological polar surface area (TPSA) is 69.1 Å². The molecule has 2 N–H and O–H groups in total. The van der Waals surface area contributed by atoms with Gasteiger partial charge in [-0.15, -0.1) is 0 Å². The van der Waals surface area contributed by atoms with Crippen molar-refractivity contribution in [1.82, 2.24) is 5.32 Å². The number of hydrogen-bond donors (Lipinski definition) is 2. The number of amides is 1. The summed E-state index contributed by atoms with van der Waals surface area (Å²) in [5.74, 6) is -0.202. The van der Waals surface area contributed by atoms with Crippen LogP contribution in [0.15, 0.2) is 24.3 Å². The molecule has 1 saturated heterocycles. The van der Waals surface area contributed by atoms with Gasteiger partial charge in [-0.05, 0) is 24.5 Å². The summed E-state index contributed by atoms with van der Waals surface area (Å²) in [5, 5.41) is 2.75. The van der Waals surface area contributed by atoms with Gasteiger partial charge < -0.3 is 19.7 Å². The molecule has 0 saturated carbocycles. The van der Waals surface area contributed by atoms with Crippen LogP contribution >= 0.6 is 0 Å². The minimum atomic E-state index is -0.468. The van der Waals surface area contributed by atoms with Crippen LogP contribution in [0, 0.1) is 5.92 Å². The van der Waals surface area contributed by atoms with Gasteiger partial charge in [-0.3, -0.25) is 4.79 Å². The summed E-state index contributed by atoms with van der Waals surface area (Å²) in [6.07, 6.45) is 0.909. The van der Waals surface area contributed by atoms with Crippen molar-refractivity contribution in [3.8, 4) is 0 Å². The Balaban J connectivity index is 1.73. The maximum Gasteiger partial charge on any atom is 0.338 e. The Morgan fingerprint density at radius 1 is 1.20 bits per heavy atom. The molecular formula is C19H29N2O4+. The lowest BCUT2D eigenvalue weighted by atomic mass is 10.1. The SMILES string of the molecule is CC(C)CCNC(=O)COC(=O)c1ccc(C[NH+]2CCOCC2)cc1. The van der Waals surface area contributed by atoms with Crippen molar-refractivity contribution in [1.29, 1.82) is 0 Å². The highest BCUT2D eigenvalue weighted by Gasteiger charge is 2.15. The molecule has 1 heterocycles. The van der Waals surface area contributed by atoms with Gasteiger partial charge in [-0.25, -0.2) is 4.79 Å². The van der Waals surface area contributed by atoms with Crippen molar-refractivity contribution >= 4 is 11.9 Å². The molecule has 6 heteroatoms. The maximum atomic E-state index is 12.0. The predicted molar refractivity (Wildman–Crippen MR) is 94.4 cm³/mol. The van der Waals surface area contributed by atoms with E-state index in [0.29, 0.717) is 18.0 Å². The van der Waals surface area contributed by atoms with Crippen LogP contribution in [0.25, 0.3) is 0 Å². The zero-order chi connectivity index (χ0) is 18.1. The summed E-state index contributed by atoms with van der Waals surface area (Å²) in [7, 11) is 0. The molecule has 0 aliphatic carbocycles. The summed E-state index contributed by atoms with van der Waals surface area (Å²) in [6, 6.07) is 7.41. The molecule has 0 aromatic heterocycles. The Hall–Kier alpha value is -1.92. The highest BCUT2D eigenvalue weighted by Crippen LogP contribution is 2.05. The minimum absolute atomic E-state index is 0.239. The van der Waals surface area contributed by atoms with E-state index in [2.05, 4.69) is 19.2 Å². The predicted octanol–water partition coefficient (Wildman–Crippen LogP) is 0.421. The number of nitrogens with one attached hydrogen (secondary N) is 2. The van der Waals surface area contributed by atoms with Crippen LogP contribution in [-0.4, -0.2) is 51.3 Å². The van der Waals surface area contributed by atoms with E-state index in [0.717, 1.165) is 39.3 Å². The van der Waals surface area contributed by atoms with Crippen molar-refractivity contribution in [2.45, 2.75) is 26.8 Å². The van der Waals surface area contributed by atoms with Crippen LogP contribution in [0.1, 0.15) is 36.2 Å². The summed E-state index contributed by atoms with van der Waals surface area (Å²) < 4.78 is 10.4. The van der Waals surface area contributed by atoms with Gasteiger partial charge >= 0.3 is 5.97 Å². The molecule has 1 aliphatic heterocycles. The first kappa shape index (κ1) is 19.4. The highest BCUT2D eigenvalue weighted by molar-refractivity contribution is 5.91. The zero-order valence-corrected chi connectivity index (χ0v) is 15.2. The highest BCUT2D eigenvalue weighted by atomic mass is 16.5. The van der Waals surface area contributed by atoms with E-state index >= 15 is 0 Å². The number of morpholine rings is 1. The van der Waals surface area contributed by atoms with Crippen molar-refractivity contribution < 1.29 is 24.0 Å². The molecule has 6 nitrogen and oxygen atoms in total. The Bertz CT molecular complexity index is 551. The third kappa shape index (κ3) is 7.23. The molecule has 1 amide bonds. The Morgan fingerprint density at radius 2 is 1.88 bits per heavy atom. The van der Waals surface area contributed by atoms with E-state index in [1.54, 1.807) is 12.1 Å². The number of esters is 1. The van der Waals surface area contributed by atoms with Gasteiger partial charge in [0.15, 0.2) is 6.61 Å². The molecule has 1 fully saturated rings. The van der Waals surface area contributed by atoms with E-state index in [-0.39, 0.29) is 12.5 Å². The lowest BCUT2D eigenvalue weighted by molar-refractivity contribution is -0.921. The second kappa shape index (κ2) is 10.2. The number of carbonyl (C=O) groups is 2. The third-order valence-electron chi connectivity index (χ3n) is 4.22. The van der Waals surface area contributed by atoms with Gasteiger partial charge in [0, 0.05) is 12.1 Å². The Morgan fingerprint density at radius 3 is 2.52 bits per heavy atom. The van der Waals surface area contributed by atoms with Gasteiger partial charge in [-0.2, -0.15) is 0 Å². The number of hydrogen-bond acceptors (Lipinski definition) is 4. The fourth-order valence-electron chi connectivity index (χ4n) is 2.65. The van der Waals surface area contributed by atoms with Crippen LogP contribution in [0.2, 0.25) is 0 Å². The zero-order valence-electron chi connectivity index (χ0n) is 15.2. The maximum absolute atomic E-state index is 12.0. The fraction of sp³-hybridized carbons (Fsp3) is 0.579. The van der Waals surface area contributed by atoms with E-state index < -0.39 is 5.97 Å². The van der Waals surface area contributed by atoms with Gasteiger partial charge in [0.1, 0.15) is 19.6 Å². The average molecular weight is 349 g/mol. The largest absolute Gasteiger partial charge is 0.452 e. The molecule has 0 atom stereocenters. The first-order chi connectivity index (χ1) is 12.0. The van der Waals surface area contributed by atoms with Crippen molar-refractivity contribution in [2.24, 2.45) is 5.92 Å². The van der Waals surface area contributed by atoms with E-state index in [9.17, 15) is 9.59 Å². The molecule has 138 valence electrons. The van der Waals surface area contributed by atoms with Crippen molar-refractivity contribution in [2.75, 3.05) is 39.5 Å². The second-order valence-electron chi connectivity index (χ2n) is 6.84. The third-order valence-corrected chi connectivity index (χ3v) is 4.22. The Labute approximate surface area is 149 Å². The van der Waals surface area contributed by atoms with Gasteiger partial charge in [-0.1, -0.05) is 26.0 Å². The summed E-state index contributed by atoms with van der Waals surface area (Å²) >= 11 is 0. The molecule has 1 aromatic rings. The van der Waals surface area contributed by atoms with Crippen LogP contribution in [0.3, 0.4) is 0 Å².